The largest absolute Gasteiger partial charge is 0.507 e. The van der Waals surface area contributed by atoms with E-state index < -0.39 is 17.2 Å². The zero-order valence-corrected chi connectivity index (χ0v) is 13.1. The predicted octanol–water partition coefficient (Wildman–Crippen LogP) is -0.721. The molecule has 10 heteroatoms. The number of carbonyl (C=O) groups excluding carboxylic acids is 1. The average Bonchev–Trinajstić information content (AvgIpc) is 2.99. The number of nitrogens with zero attached hydrogens (tertiary/aromatic N) is 4. The summed E-state index contributed by atoms with van der Waals surface area (Å²) >= 11 is 0. The van der Waals surface area contributed by atoms with Gasteiger partial charge in [-0.05, 0) is 12.1 Å². The molecule has 0 fully saturated rings. The maximum atomic E-state index is 12.0. The van der Waals surface area contributed by atoms with E-state index in [2.05, 4.69) is 20.5 Å². The molecule has 1 aromatic carbocycles. The Kier molecular flexibility index (Phi) is 4.16. The summed E-state index contributed by atoms with van der Waals surface area (Å²) in [5.41, 5.74) is 1.83. The van der Waals surface area contributed by atoms with Crippen molar-refractivity contribution in [2.24, 2.45) is 12.1 Å². The fourth-order valence-electron chi connectivity index (χ4n) is 2.27. The van der Waals surface area contributed by atoms with Crippen LogP contribution in [0.1, 0.15) is 5.56 Å². The lowest BCUT2D eigenvalue weighted by atomic mass is 10.2. The van der Waals surface area contributed by atoms with Gasteiger partial charge in [-0.15, -0.1) is 0 Å². The van der Waals surface area contributed by atoms with Crippen LogP contribution >= 0.6 is 0 Å². The van der Waals surface area contributed by atoms with E-state index in [1.807, 2.05) is 0 Å². The standard InChI is InChI=1S/C15H14N6O4/c1-20-13-12(14(24)18-15(20)25)21(8-16-13)7-11(23)19-17-6-9-4-2-3-5-10(9)22/h2-6,8,22H,7H2,1H3,(H,19,23)(H,18,24,25)/b17-6+. The van der Waals surface area contributed by atoms with Crippen LogP contribution in [0.3, 0.4) is 0 Å². The number of hydrogen-bond acceptors (Lipinski definition) is 6. The van der Waals surface area contributed by atoms with Crippen LogP contribution in [0, 0.1) is 0 Å². The molecule has 3 rings (SSSR count). The molecule has 0 spiro atoms. The lowest BCUT2D eigenvalue weighted by molar-refractivity contribution is -0.121. The minimum absolute atomic E-state index is 0.0357. The number of rotatable bonds is 4. The molecule has 25 heavy (non-hydrogen) atoms. The topological polar surface area (TPSA) is 134 Å². The van der Waals surface area contributed by atoms with Crippen LogP contribution in [-0.2, 0) is 18.4 Å². The van der Waals surface area contributed by atoms with E-state index >= 15 is 0 Å². The molecule has 0 radical (unpaired) electrons. The summed E-state index contributed by atoms with van der Waals surface area (Å²) in [4.78, 5) is 41.6. The molecule has 1 amide bonds. The number of aryl methyl sites for hydroxylation is 1. The number of fused-ring (bicyclic) bond motifs is 1. The summed E-state index contributed by atoms with van der Waals surface area (Å²) in [7, 11) is 1.47. The zero-order valence-electron chi connectivity index (χ0n) is 13.1. The number of benzene rings is 1. The Balaban J connectivity index is 1.77. The second kappa shape index (κ2) is 6.43. The van der Waals surface area contributed by atoms with Gasteiger partial charge in [0.1, 0.15) is 12.3 Å². The second-order valence-corrected chi connectivity index (χ2v) is 5.21. The van der Waals surface area contributed by atoms with Crippen molar-refractivity contribution in [1.82, 2.24) is 24.5 Å². The number of carbonyl (C=O) groups is 1. The van der Waals surface area contributed by atoms with Gasteiger partial charge in [0.15, 0.2) is 11.2 Å². The molecule has 0 bridgehead atoms. The Hall–Kier alpha value is -3.69. The van der Waals surface area contributed by atoms with Crippen molar-refractivity contribution in [2.45, 2.75) is 6.54 Å². The SMILES string of the molecule is Cn1c(=O)[nH]c(=O)c2c1ncn2CC(=O)N/N=C/c1ccccc1O. The number of amides is 1. The minimum Gasteiger partial charge on any atom is -0.507 e. The monoisotopic (exact) mass is 342 g/mol. The minimum atomic E-state index is -0.624. The number of aromatic amines is 1. The number of hydrazone groups is 1. The lowest BCUT2D eigenvalue weighted by Gasteiger charge is -2.03. The highest BCUT2D eigenvalue weighted by Crippen LogP contribution is 2.12. The molecule has 0 atom stereocenters. The lowest BCUT2D eigenvalue weighted by Crippen LogP contribution is -2.30. The summed E-state index contributed by atoms with van der Waals surface area (Å²) in [6.07, 6.45) is 2.60. The number of aromatic hydroxyl groups is 1. The Morgan fingerprint density at radius 2 is 2.16 bits per heavy atom. The molecule has 2 aromatic heterocycles. The van der Waals surface area contributed by atoms with Gasteiger partial charge >= 0.3 is 5.69 Å². The summed E-state index contributed by atoms with van der Waals surface area (Å²) in [5, 5.41) is 13.4. The number of para-hydroxylation sites is 1. The van der Waals surface area contributed by atoms with Crippen molar-refractivity contribution in [3.05, 3.63) is 57.0 Å². The Bertz CT molecular complexity index is 1090. The van der Waals surface area contributed by atoms with Crippen LogP contribution in [0.2, 0.25) is 0 Å². The summed E-state index contributed by atoms with van der Waals surface area (Å²) < 4.78 is 2.50. The number of phenols is 1. The number of aromatic nitrogens is 4. The van der Waals surface area contributed by atoms with Crippen LogP contribution in [0.5, 0.6) is 5.75 Å². The molecule has 0 saturated carbocycles. The van der Waals surface area contributed by atoms with Crippen LogP contribution in [0.15, 0.2) is 45.3 Å². The summed E-state index contributed by atoms with van der Waals surface area (Å²) in [6.45, 7) is -0.212. The van der Waals surface area contributed by atoms with Crippen LogP contribution in [0.4, 0.5) is 0 Å². The summed E-state index contributed by atoms with van der Waals surface area (Å²) in [6, 6.07) is 6.52. The van der Waals surface area contributed by atoms with Crippen molar-refractivity contribution < 1.29 is 9.90 Å². The number of hydrogen-bond donors (Lipinski definition) is 3. The number of phenolic OH excluding ortho intramolecular Hbond substituents is 1. The van der Waals surface area contributed by atoms with Gasteiger partial charge in [0.2, 0.25) is 0 Å². The van der Waals surface area contributed by atoms with E-state index in [4.69, 9.17) is 0 Å². The highest BCUT2D eigenvalue weighted by Gasteiger charge is 2.13. The fourth-order valence-corrected chi connectivity index (χ4v) is 2.27. The van der Waals surface area contributed by atoms with Gasteiger partial charge in [-0.3, -0.25) is 19.1 Å². The second-order valence-electron chi connectivity index (χ2n) is 5.21. The van der Waals surface area contributed by atoms with Crippen molar-refractivity contribution in [3.8, 4) is 5.75 Å². The first-order valence-electron chi connectivity index (χ1n) is 7.21. The molecule has 10 nitrogen and oxygen atoms in total. The normalized spacial score (nSPS) is 11.2. The van der Waals surface area contributed by atoms with Crippen LogP contribution < -0.4 is 16.7 Å². The molecule has 3 N–H and O–H groups in total. The first-order valence-corrected chi connectivity index (χ1v) is 7.21. The molecule has 128 valence electrons. The Labute approximate surface area is 140 Å². The molecule has 0 aliphatic rings. The first kappa shape index (κ1) is 16.2. The van der Waals surface area contributed by atoms with Crippen molar-refractivity contribution >= 4 is 23.3 Å². The van der Waals surface area contributed by atoms with Crippen LogP contribution in [0.25, 0.3) is 11.2 Å². The Morgan fingerprint density at radius 3 is 2.92 bits per heavy atom. The first-order chi connectivity index (χ1) is 12.0. The maximum Gasteiger partial charge on any atom is 0.329 e. The van der Waals surface area contributed by atoms with Gasteiger partial charge in [0.05, 0.1) is 12.5 Å². The number of nitrogens with one attached hydrogen (secondary N) is 2. The van der Waals surface area contributed by atoms with Gasteiger partial charge in [-0.2, -0.15) is 5.10 Å². The van der Waals surface area contributed by atoms with E-state index in [9.17, 15) is 19.5 Å². The highest BCUT2D eigenvalue weighted by atomic mass is 16.3. The van der Waals surface area contributed by atoms with Gasteiger partial charge in [-0.25, -0.2) is 15.2 Å². The van der Waals surface area contributed by atoms with E-state index in [0.717, 1.165) is 0 Å². The smallest absolute Gasteiger partial charge is 0.329 e. The van der Waals surface area contributed by atoms with E-state index in [0.29, 0.717) is 5.56 Å². The third kappa shape index (κ3) is 3.17. The van der Waals surface area contributed by atoms with Gasteiger partial charge < -0.3 is 9.67 Å². The third-order valence-corrected chi connectivity index (χ3v) is 3.52. The van der Waals surface area contributed by atoms with E-state index in [-0.39, 0.29) is 23.5 Å². The van der Waals surface area contributed by atoms with Crippen LogP contribution in [-0.4, -0.2) is 36.3 Å². The van der Waals surface area contributed by atoms with E-state index in [1.54, 1.807) is 18.2 Å². The molecule has 0 unspecified atom stereocenters. The van der Waals surface area contributed by atoms with Crippen molar-refractivity contribution in [1.29, 1.82) is 0 Å². The van der Waals surface area contributed by atoms with Gasteiger partial charge in [0.25, 0.3) is 11.5 Å². The van der Waals surface area contributed by atoms with Crippen molar-refractivity contribution in [2.75, 3.05) is 0 Å². The van der Waals surface area contributed by atoms with Crippen molar-refractivity contribution in [3.63, 3.8) is 0 Å². The molecular formula is C15H14N6O4. The predicted molar refractivity (Wildman–Crippen MR) is 89.4 cm³/mol. The molecular weight excluding hydrogens is 328 g/mol. The molecule has 2 heterocycles. The van der Waals surface area contributed by atoms with Gasteiger partial charge in [0, 0.05) is 12.6 Å². The number of imidazole rings is 1. The molecule has 3 aromatic rings. The molecule has 0 saturated heterocycles. The fraction of sp³-hybridized carbons (Fsp3) is 0.133. The highest BCUT2D eigenvalue weighted by molar-refractivity contribution is 5.85. The summed E-state index contributed by atoms with van der Waals surface area (Å²) in [5.74, 6) is -0.465. The van der Waals surface area contributed by atoms with E-state index in [1.165, 1.54) is 34.8 Å². The molecule has 0 aliphatic carbocycles. The average molecular weight is 342 g/mol. The quantitative estimate of drug-likeness (QED) is 0.425. The third-order valence-electron chi connectivity index (χ3n) is 3.52. The maximum absolute atomic E-state index is 12.0. The van der Waals surface area contributed by atoms with Gasteiger partial charge in [-0.1, -0.05) is 12.1 Å². The number of H-pyrrole nitrogens is 1. The zero-order chi connectivity index (χ0) is 18.0. The molecule has 0 aliphatic heterocycles. The Morgan fingerprint density at radius 1 is 1.40 bits per heavy atom.